The molecule has 0 saturated carbocycles. The SMILES string of the molecule is CCC[CH2][Ti]1[Ti]([NH]C(=O)c2ccccc2)[Ti][Ti]([CH3])([CH3])[Ti][Ti]1([Cl])([Cl])[NH]C(=O)c1ccccc1. The molecule has 2 aromatic rings. The fraction of sp³-hybridized carbons (Fsp3) is 0.300. The van der Waals surface area contributed by atoms with Gasteiger partial charge in [-0.05, 0) is 0 Å². The van der Waals surface area contributed by atoms with Gasteiger partial charge in [-0.3, -0.25) is 0 Å². The van der Waals surface area contributed by atoms with Crippen LogP contribution in [0.25, 0.3) is 0 Å². The Morgan fingerprint density at radius 2 is 1.50 bits per heavy atom. The van der Waals surface area contributed by atoms with Crippen molar-refractivity contribution < 1.29 is 75.4 Å². The van der Waals surface area contributed by atoms with E-state index in [4.69, 9.17) is 18.6 Å². The fourth-order valence-electron chi connectivity index (χ4n) is 3.81. The van der Waals surface area contributed by atoms with Gasteiger partial charge in [0, 0.05) is 0 Å². The molecule has 0 bridgehead atoms. The Kier molecular flexibility index (Phi) is 11.0. The molecule has 0 aromatic heterocycles. The first kappa shape index (κ1) is 28.8. The van der Waals surface area contributed by atoms with Crippen LogP contribution >= 0.6 is 18.6 Å². The summed E-state index contributed by atoms with van der Waals surface area (Å²) in [5.41, 5.74) is 1.37. The molecule has 0 atom stereocenters. The number of carbonyl (C=O) groups excluding carboxylic acids is 2. The third kappa shape index (κ3) is 7.63. The van der Waals surface area contributed by atoms with Crippen LogP contribution in [0.4, 0.5) is 0 Å². The van der Waals surface area contributed by atoms with Crippen molar-refractivity contribution in [2.24, 2.45) is 0 Å². The molecule has 1 heterocycles. The number of hydrogen-bond acceptors (Lipinski definition) is 2. The van der Waals surface area contributed by atoms with E-state index in [-0.39, 0.29) is 24.6 Å². The van der Waals surface area contributed by atoms with Crippen LogP contribution in [0.3, 0.4) is 0 Å². The van der Waals surface area contributed by atoms with Crippen molar-refractivity contribution in [3.8, 4) is 0 Å². The molecule has 2 N–H and O–H groups in total. The van der Waals surface area contributed by atoms with E-state index in [1.54, 1.807) is 0 Å². The van der Waals surface area contributed by atoms with Gasteiger partial charge in [-0.1, -0.05) is 0 Å². The van der Waals surface area contributed by atoms with Gasteiger partial charge in [0.1, 0.15) is 0 Å². The van der Waals surface area contributed by atoms with E-state index in [0.717, 1.165) is 23.1 Å². The number of hydrogen-bond donors (Lipinski definition) is 2. The molecular formula is C20H27Cl2N2O2Ti6. The van der Waals surface area contributed by atoms with E-state index < -0.39 is 53.1 Å². The molecule has 1 aliphatic rings. The summed E-state index contributed by atoms with van der Waals surface area (Å²) >= 11 is -4.61. The topological polar surface area (TPSA) is 58.2 Å². The molecule has 12 heteroatoms. The van der Waals surface area contributed by atoms with Gasteiger partial charge in [-0.15, -0.1) is 0 Å². The van der Waals surface area contributed by atoms with Crippen molar-refractivity contribution >= 4 is 30.4 Å². The predicted octanol–water partition coefficient (Wildman–Crippen LogP) is 6.05. The standard InChI is InChI=1S/2C7H7NO.C4H9.2CH3.2ClH.6Ti/c2*8-7(9)6-4-2-1-3-5-6;1-3-4-2;;;;;;;;;;/h2*1-5H,(H2,8,9);1,3-4H2,2H3;2*1H3;2*1H;;;;;;/q;;;;;;;;;;;+1;+3/p-4. The fourth-order valence-corrected chi connectivity index (χ4v) is 545. The molecule has 0 aliphatic carbocycles. The quantitative estimate of drug-likeness (QED) is 0.349. The Hall–Kier alpha value is 2.25. The Balaban J connectivity index is 1.96. The molecule has 0 unspecified atom stereocenters. The predicted molar refractivity (Wildman–Crippen MR) is 111 cm³/mol. The summed E-state index contributed by atoms with van der Waals surface area (Å²) in [5.74, 6) is -0.0346. The van der Waals surface area contributed by atoms with Crippen LogP contribution in [0.2, 0.25) is 15.2 Å². The van der Waals surface area contributed by atoms with Crippen LogP contribution in [0, 0.1) is 0 Å². The van der Waals surface area contributed by atoms with E-state index >= 15 is 0 Å². The average Bonchev–Trinajstić information content (AvgIpc) is 2.73. The molecule has 32 heavy (non-hydrogen) atoms. The molecule has 3 rings (SSSR count). The third-order valence-electron chi connectivity index (χ3n) is 5.23. The molecular weight excluding hydrogens is 658 g/mol. The van der Waals surface area contributed by atoms with Crippen LogP contribution in [0.15, 0.2) is 60.7 Å². The van der Waals surface area contributed by atoms with E-state index in [1.807, 2.05) is 60.7 Å². The molecule has 0 radical (unpaired) electrons. The van der Waals surface area contributed by atoms with Crippen LogP contribution in [0.5, 0.6) is 0 Å². The summed E-state index contributed by atoms with van der Waals surface area (Å²) in [4.78, 5) is 26.4. The molecule has 4 nitrogen and oxygen atoms in total. The molecule has 1 aliphatic heterocycles. The second-order valence-corrected chi connectivity index (χ2v) is 117. The van der Waals surface area contributed by atoms with Gasteiger partial charge in [0.15, 0.2) is 0 Å². The van der Waals surface area contributed by atoms with E-state index in [0.29, 0.717) is 5.56 Å². The van der Waals surface area contributed by atoms with Crippen LogP contribution in [-0.2, 0) is 65.9 Å². The Morgan fingerprint density at radius 3 is 2.03 bits per heavy atom. The maximum absolute atomic E-state index is 13.3. The van der Waals surface area contributed by atoms with Gasteiger partial charge < -0.3 is 0 Å². The van der Waals surface area contributed by atoms with Crippen LogP contribution < -0.4 is 7.60 Å². The molecule has 1 saturated heterocycles. The van der Waals surface area contributed by atoms with Gasteiger partial charge >= 0.3 is 220 Å². The molecule has 167 valence electrons. The van der Waals surface area contributed by atoms with Gasteiger partial charge in [0.05, 0.1) is 0 Å². The van der Waals surface area contributed by atoms with Gasteiger partial charge in [-0.25, -0.2) is 0 Å². The summed E-state index contributed by atoms with van der Waals surface area (Å²) in [7, 11) is 9.12. The number of benzene rings is 2. The number of rotatable bonds is 7. The zero-order valence-electron chi connectivity index (χ0n) is 18.5. The minimum absolute atomic E-state index is 0.0581. The normalized spacial score (nSPS) is 19.5. The monoisotopic (exact) mass is 685 g/mol. The Morgan fingerprint density at radius 1 is 0.969 bits per heavy atom. The van der Waals surface area contributed by atoms with Gasteiger partial charge in [-0.2, -0.15) is 0 Å². The first-order valence-electron chi connectivity index (χ1n) is 10.7. The second kappa shape index (κ2) is 12.2. The average molecular weight is 686 g/mol. The van der Waals surface area contributed by atoms with Crippen molar-refractivity contribution in [3.63, 3.8) is 0 Å². The number of carbonyl (C=O) groups is 2. The number of halogens is 2. The first-order valence-corrected chi connectivity index (χ1v) is 44.8. The summed E-state index contributed by atoms with van der Waals surface area (Å²) in [6.07, 6.45) is 2.21. The molecule has 2 amide bonds. The summed E-state index contributed by atoms with van der Waals surface area (Å²) in [5, 5.41) is 4.97. The number of amides is 2. The van der Waals surface area contributed by atoms with Gasteiger partial charge in [0.2, 0.25) is 0 Å². The number of nitrogens with one attached hydrogen (secondary N) is 2. The van der Waals surface area contributed by atoms with E-state index in [9.17, 15) is 9.59 Å². The van der Waals surface area contributed by atoms with E-state index in [2.05, 4.69) is 25.0 Å². The molecule has 2 aromatic carbocycles. The van der Waals surface area contributed by atoms with Crippen molar-refractivity contribution in [3.05, 3.63) is 71.8 Å². The van der Waals surface area contributed by atoms with Crippen LogP contribution in [0.1, 0.15) is 40.5 Å². The third-order valence-corrected chi connectivity index (χ3v) is 237. The molecule has 0 spiro atoms. The second-order valence-electron chi connectivity index (χ2n) is 8.49. The Bertz CT molecular complexity index is 965. The summed E-state index contributed by atoms with van der Waals surface area (Å²) in [6, 6.07) is 18.8. The Labute approximate surface area is 216 Å². The zero-order chi connectivity index (χ0) is 23.4. The maximum atomic E-state index is 13.3. The zero-order valence-corrected chi connectivity index (χ0v) is 29.3. The van der Waals surface area contributed by atoms with E-state index in [1.165, 1.54) is 0 Å². The van der Waals surface area contributed by atoms with Crippen molar-refractivity contribution in [2.75, 3.05) is 0 Å². The van der Waals surface area contributed by atoms with Crippen molar-refractivity contribution in [2.45, 2.75) is 34.9 Å². The van der Waals surface area contributed by atoms with Gasteiger partial charge in [0.25, 0.3) is 0 Å². The summed E-state index contributed by atoms with van der Waals surface area (Å²) < 4.78 is 8.11. The first-order chi connectivity index (χ1) is 15.0. The minimum atomic E-state index is -4.17. The van der Waals surface area contributed by atoms with Crippen molar-refractivity contribution in [1.29, 1.82) is 0 Å². The van der Waals surface area contributed by atoms with Crippen molar-refractivity contribution in [1.82, 2.24) is 7.60 Å². The van der Waals surface area contributed by atoms with Crippen LogP contribution in [-0.4, -0.2) is 11.8 Å². The number of unbranched alkanes of at least 4 members (excludes halogenated alkanes) is 1. The summed E-state index contributed by atoms with van der Waals surface area (Å²) in [6.45, 7) is 2.20. The molecule has 1 fully saturated rings.